The Morgan fingerprint density at radius 1 is 0.833 bits per heavy atom. The van der Waals surface area contributed by atoms with Gasteiger partial charge in [-0.05, 0) is 67.1 Å². The third kappa shape index (κ3) is 7.77. The number of methoxy groups -OCH3 is 1. The highest BCUT2D eigenvalue weighted by molar-refractivity contribution is 5.59. The van der Waals surface area contributed by atoms with Gasteiger partial charge in [-0.1, -0.05) is 6.92 Å². The maximum Gasteiger partial charge on any atom is 0.416 e. The molecule has 1 aliphatic rings. The predicted octanol–water partition coefficient (Wildman–Crippen LogP) is 8.71. The Labute approximate surface area is 270 Å². The number of nitrogens with zero attached hydrogens (tertiary/aromatic N) is 5. The van der Waals surface area contributed by atoms with Crippen LogP contribution in [0, 0.1) is 5.92 Å². The summed E-state index contributed by atoms with van der Waals surface area (Å²) in [6.45, 7) is 2.03. The highest BCUT2D eigenvalue weighted by atomic mass is 19.4. The van der Waals surface area contributed by atoms with E-state index >= 15 is 0 Å². The van der Waals surface area contributed by atoms with E-state index in [2.05, 4.69) is 15.1 Å². The molecule has 0 spiro atoms. The minimum absolute atomic E-state index is 0.0874. The molecule has 3 atom stereocenters. The van der Waals surface area contributed by atoms with Gasteiger partial charge in [0.25, 0.3) is 0 Å². The largest absolute Gasteiger partial charge is 0.416 e. The standard InChI is InChI=1S/C33H32F9N5O/c1-4-27-11-20(17-47(27)29-6-5-24(31(34,35)36)10-21(29)18-48-3)28(30-43-13-22(14-44-30)23-15-45-46(2)16-23)9-19-7-25(32(37,38)39)12-26(8-19)33(40,41)42/h5-8,10,12-16,20,27-28H,4,9,11,17-18H2,1-3H3/t20-,27+,28?/m0/s1. The number of anilines is 1. The lowest BCUT2D eigenvalue weighted by molar-refractivity contribution is -0.143. The fourth-order valence-corrected chi connectivity index (χ4v) is 6.35. The molecule has 2 aromatic heterocycles. The number of aryl methyl sites for hydroxylation is 1. The van der Waals surface area contributed by atoms with E-state index in [1.807, 2.05) is 11.8 Å². The molecule has 1 unspecified atom stereocenters. The zero-order chi connectivity index (χ0) is 35.0. The van der Waals surface area contributed by atoms with Gasteiger partial charge < -0.3 is 9.64 Å². The van der Waals surface area contributed by atoms with Crippen molar-refractivity contribution >= 4 is 5.69 Å². The van der Waals surface area contributed by atoms with Gasteiger partial charge in [0.15, 0.2) is 0 Å². The molecule has 2 aromatic carbocycles. The molecule has 0 amide bonds. The minimum Gasteiger partial charge on any atom is -0.380 e. The number of aromatic nitrogens is 4. The lowest BCUT2D eigenvalue weighted by Gasteiger charge is -2.29. The molecule has 0 N–H and O–H groups in total. The molecule has 4 aromatic rings. The second-order valence-electron chi connectivity index (χ2n) is 11.9. The van der Waals surface area contributed by atoms with Crippen molar-refractivity contribution in [3.8, 4) is 11.1 Å². The number of ether oxygens (including phenoxy) is 1. The van der Waals surface area contributed by atoms with Gasteiger partial charge in [0.2, 0.25) is 0 Å². The normalized spacial score (nSPS) is 18.0. The molecular weight excluding hydrogens is 653 g/mol. The van der Waals surface area contributed by atoms with Crippen LogP contribution in [0.25, 0.3) is 11.1 Å². The third-order valence-corrected chi connectivity index (χ3v) is 8.65. The Bertz CT molecular complexity index is 1680. The number of halogens is 9. The van der Waals surface area contributed by atoms with E-state index in [0.717, 1.165) is 12.1 Å². The Morgan fingerprint density at radius 3 is 1.98 bits per heavy atom. The van der Waals surface area contributed by atoms with Crippen molar-refractivity contribution in [1.82, 2.24) is 19.7 Å². The highest BCUT2D eigenvalue weighted by Gasteiger charge is 2.41. The van der Waals surface area contributed by atoms with Gasteiger partial charge in [-0.3, -0.25) is 4.68 Å². The van der Waals surface area contributed by atoms with Crippen LogP contribution < -0.4 is 4.90 Å². The second kappa shape index (κ2) is 13.4. The molecule has 0 saturated carbocycles. The van der Waals surface area contributed by atoms with E-state index < -0.39 is 41.1 Å². The second-order valence-corrected chi connectivity index (χ2v) is 11.9. The van der Waals surface area contributed by atoms with Crippen LogP contribution in [0.1, 0.15) is 59.3 Å². The zero-order valence-electron chi connectivity index (χ0n) is 26.1. The maximum absolute atomic E-state index is 13.8. The van der Waals surface area contributed by atoms with Gasteiger partial charge in [0.1, 0.15) is 5.82 Å². The Morgan fingerprint density at radius 2 is 1.46 bits per heavy atom. The summed E-state index contributed by atoms with van der Waals surface area (Å²) in [5.41, 5.74) is -1.76. The van der Waals surface area contributed by atoms with Crippen LogP contribution in [-0.4, -0.2) is 39.4 Å². The van der Waals surface area contributed by atoms with Crippen molar-refractivity contribution in [2.45, 2.75) is 63.3 Å². The van der Waals surface area contributed by atoms with Gasteiger partial charge in [0.05, 0.1) is 29.5 Å². The van der Waals surface area contributed by atoms with Gasteiger partial charge in [-0.25, -0.2) is 9.97 Å². The molecule has 6 nitrogen and oxygen atoms in total. The van der Waals surface area contributed by atoms with Crippen molar-refractivity contribution in [3.63, 3.8) is 0 Å². The van der Waals surface area contributed by atoms with Crippen LogP contribution in [0.4, 0.5) is 45.2 Å². The molecule has 0 bridgehead atoms. The molecule has 0 radical (unpaired) electrons. The van der Waals surface area contributed by atoms with E-state index in [4.69, 9.17) is 4.74 Å². The van der Waals surface area contributed by atoms with Crippen LogP contribution in [0.15, 0.2) is 61.2 Å². The van der Waals surface area contributed by atoms with Gasteiger partial charge in [0, 0.05) is 73.6 Å². The van der Waals surface area contributed by atoms with Crippen molar-refractivity contribution in [2.75, 3.05) is 18.6 Å². The number of benzene rings is 2. The van der Waals surface area contributed by atoms with Crippen LogP contribution in [0.3, 0.4) is 0 Å². The van der Waals surface area contributed by atoms with Gasteiger partial charge in [-0.15, -0.1) is 0 Å². The minimum atomic E-state index is -5.02. The summed E-state index contributed by atoms with van der Waals surface area (Å²) in [7, 11) is 3.09. The third-order valence-electron chi connectivity index (χ3n) is 8.65. The fourth-order valence-electron chi connectivity index (χ4n) is 6.35. The maximum atomic E-state index is 13.8. The molecule has 15 heteroatoms. The molecule has 5 rings (SSSR count). The first-order chi connectivity index (χ1) is 22.5. The van der Waals surface area contributed by atoms with E-state index in [-0.39, 0.29) is 49.0 Å². The van der Waals surface area contributed by atoms with Crippen LogP contribution in [0.2, 0.25) is 0 Å². The Balaban J connectivity index is 1.57. The average molecular weight is 686 g/mol. The quantitative estimate of drug-likeness (QED) is 0.165. The first-order valence-corrected chi connectivity index (χ1v) is 15.0. The average Bonchev–Trinajstić information content (AvgIpc) is 3.65. The summed E-state index contributed by atoms with van der Waals surface area (Å²) >= 11 is 0. The van der Waals surface area contributed by atoms with Crippen molar-refractivity contribution in [3.05, 3.63) is 94.8 Å². The van der Waals surface area contributed by atoms with Crippen LogP contribution in [-0.2, 0) is 43.3 Å². The SMILES string of the molecule is CC[C@@H]1C[C@H](C(Cc2cc(C(F)(F)F)cc(C(F)(F)F)c2)c2ncc(-c3cnn(C)c3)cn2)CN1c1ccc(C(F)(F)F)cc1COC. The molecule has 1 aliphatic heterocycles. The topological polar surface area (TPSA) is 56.1 Å². The first kappa shape index (κ1) is 35.2. The summed E-state index contributed by atoms with van der Waals surface area (Å²) in [6, 6.07) is 4.69. The van der Waals surface area contributed by atoms with E-state index in [0.29, 0.717) is 47.4 Å². The molecule has 3 heterocycles. The molecule has 48 heavy (non-hydrogen) atoms. The van der Waals surface area contributed by atoms with E-state index in [1.165, 1.54) is 25.6 Å². The lowest BCUT2D eigenvalue weighted by atomic mass is 9.83. The number of rotatable bonds is 9. The van der Waals surface area contributed by atoms with Crippen molar-refractivity contribution < 1.29 is 44.3 Å². The molecule has 1 saturated heterocycles. The highest BCUT2D eigenvalue weighted by Crippen LogP contribution is 2.43. The summed E-state index contributed by atoms with van der Waals surface area (Å²) in [6.07, 6.45) is -7.48. The summed E-state index contributed by atoms with van der Waals surface area (Å²) in [5, 5.41) is 4.12. The van der Waals surface area contributed by atoms with Gasteiger partial charge in [-0.2, -0.15) is 44.6 Å². The summed E-state index contributed by atoms with van der Waals surface area (Å²) in [4.78, 5) is 11.0. The summed E-state index contributed by atoms with van der Waals surface area (Å²) < 4.78 is 130. The fraction of sp³-hybridized carbons (Fsp3) is 0.424. The Kier molecular flexibility index (Phi) is 9.82. The van der Waals surface area contributed by atoms with Gasteiger partial charge >= 0.3 is 18.5 Å². The predicted molar refractivity (Wildman–Crippen MR) is 159 cm³/mol. The molecule has 258 valence electrons. The smallest absolute Gasteiger partial charge is 0.380 e. The lowest BCUT2D eigenvalue weighted by Crippen LogP contribution is -2.30. The number of alkyl halides is 9. The van der Waals surface area contributed by atoms with E-state index in [1.54, 1.807) is 24.1 Å². The van der Waals surface area contributed by atoms with Crippen LogP contribution in [0.5, 0.6) is 0 Å². The van der Waals surface area contributed by atoms with E-state index in [9.17, 15) is 39.5 Å². The van der Waals surface area contributed by atoms with Crippen molar-refractivity contribution in [1.29, 1.82) is 0 Å². The summed E-state index contributed by atoms with van der Waals surface area (Å²) in [5.74, 6) is -0.905. The zero-order valence-corrected chi connectivity index (χ0v) is 26.1. The number of hydrogen-bond donors (Lipinski definition) is 0. The first-order valence-electron chi connectivity index (χ1n) is 15.0. The monoisotopic (exact) mass is 685 g/mol. The Hall–Kier alpha value is -4.14. The molecule has 0 aliphatic carbocycles. The van der Waals surface area contributed by atoms with Crippen LogP contribution >= 0.6 is 0 Å². The van der Waals surface area contributed by atoms with Crippen molar-refractivity contribution in [2.24, 2.45) is 13.0 Å². The number of hydrogen-bond acceptors (Lipinski definition) is 5. The molecular formula is C33H32F9N5O. The molecule has 1 fully saturated rings.